The molecule has 0 aliphatic rings. The lowest BCUT2D eigenvalue weighted by molar-refractivity contribution is 0.102. The van der Waals surface area contributed by atoms with Gasteiger partial charge < -0.3 is 15.4 Å². The van der Waals surface area contributed by atoms with Crippen LogP contribution in [-0.2, 0) is 0 Å². The zero-order valence-corrected chi connectivity index (χ0v) is 15.7. The van der Waals surface area contributed by atoms with Gasteiger partial charge in [0.2, 0.25) is 0 Å². The van der Waals surface area contributed by atoms with E-state index in [0.29, 0.717) is 17.1 Å². The zero-order chi connectivity index (χ0) is 19.3. The number of nitrogens with zero attached hydrogens (tertiary/aromatic N) is 1. The Balaban J connectivity index is 1.60. The Bertz CT molecular complexity index is 884. The highest BCUT2D eigenvalue weighted by Crippen LogP contribution is 2.23. The molecule has 138 valence electrons. The molecule has 0 atom stereocenters. The molecule has 5 heteroatoms. The molecule has 0 aliphatic heterocycles. The maximum atomic E-state index is 12.4. The summed E-state index contributed by atoms with van der Waals surface area (Å²) in [5, 5.41) is 6.15. The van der Waals surface area contributed by atoms with Gasteiger partial charge in [0, 0.05) is 11.2 Å². The van der Waals surface area contributed by atoms with Gasteiger partial charge in [0.05, 0.1) is 11.9 Å². The molecular weight excluding hydrogens is 338 g/mol. The van der Waals surface area contributed by atoms with E-state index >= 15 is 0 Å². The number of rotatable bonds is 5. The van der Waals surface area contributed by atoms with Crippen molar-refractivity contribution in [1.29, 1.82) is 0 Å². The van der Waals surface area contributed by atoms with Gasteiger partial charge in [-0.15, -0.1) is 0 Å². The van der Waals surface area contributed by atoms with E-state index in [2.05, 4.69) is 36.4 Å². The Kier molecular flexibility index (Phi) is 5.41. The van der Waals surface area contributed by atoms with Crippen molar-refractivity contribution in [3.63, 3.8) is 0 Å². The number of hydrogen-bond acceptors (Lipinski definition) is 4. The number of nitrogens with one attached hydrogen (secondary N) is 2. The second-order valence-corrected chi connectivity index (χ2v) is 7.20. The fraction of sp³-hybridized carbons (Fsp3) is 0.182. The molecular formula is C22H23N3O2. The average Bonchev–Trinajstić information content (AvgIpc) is 2.63. The van der Waals surface area contributed by atoms with Crippen molar-refractivity contribution in [2.75, 3.05) is 10.6 Å². The molecule has 0 saturated carbocycles. The van der Waals surface area contributed by atoms with Crippen LogP contribution >= 0.6 is 0 Å². The largest absolute Gasteiger partial charge is 0.457 e. The van der Waals surface area contributed by atoms with Crippen LogP contribution in [0, 0.1) is 0 Å². The maximum absolute atomic E-state index is 12.4. The summed E-state index contributed by atoms with van der Waals surface area (Å²) < 4.78 is 5.74. The fourth-order valence-electron chi connectivity index (χ4n) is 2.46. The number of ether oxygens (including phenoxy) is 1. The van der Waals surface area contributed by atoms with Crippen molar-refractivity contribution < 1.29 is 9.53 Å². The van der Waals surface area contributed by atoms with E-state index in [4.69, 9.17) is 4.74 Å². The minimum Gasteiger partial charge on any atom is -0.457 e. The predicted molar refractivity (Wildman–Crippen MR) is 109 cm³/mol. The van der Waals surface area contributed by atoms with Crippen molar-refractivity contribution in [3.05, 3.63) is 78.6 Å². The monoisotopic (exact) mass is 361 g/mol. The number of benzene rings is 2. The molecule has 3 rings (SSSR count). The van der Waals surface area contributed by atoms with Gasteiger partial charge in [0.1, 0.15) is 17.2 Å². The Hall–Kier alpha value is -3.34. The summed E-state index contributed by atoms with van der Waals surface area (Å²) in [4.78, 5) is 16.6. The molecule has 0 unspecified atom stereocenters. The highest BCUT2D eigenvalue weighted by atomic mass is 16.5. The summed E-state index contributed by atoms with van der Waals surface area (Å²) >= 11 is 0. The number of pyridine rings is 1. The molecule has 2 N–H and O–H groups in total. The summed E-state index contributed by atoms with van der Waals surface area (Å²) in [6.07, 6.45) is 1.66. The van der Waals surface area contributed by atoms with Crippen LogP contribution in [0.1, 0.15) is 31.3 Å². The number of carbonyl (C=O) groups is 1. The smallest absolute Gasteiger partial charge is 0.274 e. The first kappa shape index (κ1) is 18.5. The summed E-state index contributed by atoms with van der Waals surface area (Å²) in [7, 11) is 0. The van der Waals surface area contributed by atoms with E-state index in [9.17, 15) is 4.79 Å². The SMILES string of the molecule is CC(C)(C)Nc1ccc(C(=O)Nc2ccc(Oc3ccccc3)cc2)nc1. The summed E-state index contributed by atoms with van der Waals surface area (Å²) in [5.74, 6) is 1.21. The van der Waals surface area contributed by atoms with E-state index < -0.39 is 0 Å². The first-order valence-corrected chi connectivity index (χ1v) is 8.78. The third-order valence-electron chi connectivity index (χ3n) is 3.61. The molecule has 5 nitrogen and oxygen atoms in total. The van der Waals surface area contributed by atoms with Crippen molar-refractivity contribution >= 4 is 17.3 Å². The van der Waals surface area contributed by atoms with Crippen LogP contribution in [0.5, 0.6) is 11.5 Å². The number of anilines is 2. The summed E-state index contributed by atoms with van der Waals surface area (Å²) in [6.45, 7) is 6.20. The van der Waals surface area contributed by atoms with E-state index in [1.165, 1.54) is 0 Å². The van der Waals surface area contributed by atoms with Crippen LogP contribution in [0.25, 0.3) is 0 Å². The minimum atomic E-state index is -0.256. The normalized spacial score (nSPS) is 10.9. The molecule has 0 aliphatic carbocycles. The van der Waals surface area contributed by atoms with E-state index in [1.807, 2.05) is 48.5 Å². The second-order valence-electron chi connectivity index (χ2n) is 7.20. The molecule has 0 saturated heterocycles. The number of hydrogen-bond donors (Lipinski definition) is 2. The molecule has 2 aromatic carbocycles. The average molecular weight is 361 g/mol. The van der Waals surface area contributed by atoms with Gasteiger partial charge in [0.15, 0.2) is 0 Å². The quantitative estimate of drug-likeness (QED) is 0.644. The van der Waals surface area contributed by atoms with Crippen molar-refractivity contribution in [2.45, 2.75) is 26.3 Å². The third-order valence-corrected chi connectivity index (χ3v) is 3.61. The summed E-state index contributed by atoms with van der Waals surface area (Å²) in [5.41, 5.74) is 1.86. The van der Waals surface area contributed by atoms with E-state index in [-0.39, 0.29) is 11.4 Å². The number of carbonyl (C=O) groups excluding carboxylic acids is 1. The zero-order valence-electron chi connectivity index (χ0n) is 15.7. The molecule has 0 spiro atoms. The van der Waals surface area contributed by atoms with Crippen molar-refractivity contribution in [2.24, 2.45) is 0 Å². The predicted octanol–water partition coefficient (Wildman–Crippen LogP) is 5.34. The minimum absolute atomic E-state index is 0.0605. The highest BCUT2D eigenvalue weighted by molar-refractivity contribution is 6.02. The van der Waals surface area contributed by atoms with Crippen LogP contribution in [0.15, 0.2) is 72.9 Å². The van der Waals surface area contributed by atoms with Gasteiger partial charge in [-0.25, -0.2) is 4.98 Å². The third kappa shape index (κ3) is 5.57. The molecule has 1 heterocycles. The van der Waals surface area contributed by atoms with Crippen molar-refractivity contribution in [1.82, 2.24) is 4.98 Å². The van der Waals surface area contributed by atoms with Crippen molar-refractivity contribution in [3.8, 4) is 11.5 Å². The van der Waals surface area contributed by atoms with Gasteiger partial charge in [-0.1, -0.05) is 18.2 Å². The molecule has 0 fully saturated rings. The Morgan fingerprint density at radius 1 is 0.852 bits per heavy atom. The molecule has 0 radical (unpaired) electrons. The molecule has 0 bridgehead atoms. The van der Waals surface area contributed by atoms with E-state index in [1.54, 1.807) is 24.4 Å². The lowest BCUT2D eigenvalue weighted by Gasteiger charge is -2.21. The van der Waals surface area contributed by atoms with Gasteiger partial charge in [-0.05, 0) is 69.3 Å². The lowest BCUT2D eigenvalue weighted by Crippen LogP contribution is -2.26. The fourth-order valence-corrected chi connectivity index (χ4v) is 2.46. The Morgan fingerprint density at radius 2 is 1.48 bits per heavy atom. The highest BCUT2D eigenvalue weighted by Gasteiger charge is 2.11. The molecule has 1 amide bonds. The van der Waals surface area contributed by atoms with Gasteiger partial charge in [0.25, 0.3) is 5.91 Å². The topological polar surface area (TPSA) is 63.2 Å². The number of para-hydroxylation sites is 1. The number of aromatic nitrogens is 1. The van der Waals surface area contributed by atoms with Gasteiger partial charge in [-0.2, -0.15) is 0 Å². The Labute approximate surface area is 159 Å². The molecule has 1 aromatic heterocycles. The summed E-state index contributed by atoms with van der Waals surface area (Å²) in [6, 6.07) is 20.3. The van der Waals surface area contributed by atoms with Gasteiger partial charge >= 0.3 is 0 Å². The number of amides is 1. The first-order chi connectivity index (χ1) is 12.9. The maximum Gasteiger partial charge on any atom is 0.274 e. The first-order valence-electron chi connectivity index (χ1n) is 8.78. The second kappa shape index (κ2) is 7.91. The van der Waals surface area contributed by atoms with Crippen LogP contribution < -0.4 is 15.4 Å². The molecule has 3 aromatic rings. The molecule has 27 heavy (non-hydrogen) atoms. The van der Waals surface area contributed by atoms with Crippen LogP contribution in [0.4, 0.5) is 11.4 Å². The van der Waals surface area contributed by atoms with Crippen LogP contribution in [0.3, 0.4) is 0 Å². The standard InChI is InChI=1S/C22H23N3O2/c1-22(2,3)25-17-11-14-20(23-15-17)21(26)24-16-9-12-19(13-10-16)27-18-7-5-4-6-8-18/h4-15,25H,1-3H3,(H,24,26). The Morgan fingerprint density at radius 3 is 2.07 bits per heavy atom. The lowest BCUT2D eigenvalue weighted by atomic mass is 10.1. The van der Waals surface area contributed by atoms with Crippen LogP contribution in [0.2, 0.25) is 0 Å². The van der Waals surface area contributed by atoms with Gasteiger partial charge in [-0.3, -0.25) is 4.79 Å². The van der Waals surface area contributed by atoms with E-state index in [0.717, 1.165) is 11.4 Å². The van der Waals surface area contributed by atoms with Crippen LogP contribution in [-0.4, -0.2) is 16.4 Å².